The first-order valence-electron chi connectivity index (χ1n) is 11.7. The van der Waals surface area contributed by atoms with E-state index in [1.54, 1.807) is 0 Å². The third-order valence-corrected chi connectivity index (χ3v) is 6.85. The van der Waals surface area contributed by atoms with Crippen molar-refractivity contribution in [3.05, 3.63) is 6.20 Å². The van der Waals surface area contributed by atoms with Crippen LogP contribution in [0.2, 0.25) is 0 Å². The fourth-order valence-electron chi connectivity index (χ4n) is 5.28. The van der Waals surface area contributed by atoms with Gasteiger partial charge < -0.3 is 29.7 Å². The average Bonchev–Trinajstić information content (AvgIpc) is 3.35. The lowest BCUT2D eigenvalue weighted by molar-refractivity contribution is 0.122. The largest absolute Gasteiger partial charge is 0.378 e. The van der Waals surface area contributed by atoms with Crippen LogP contribution < -0.4 is 24.9 Å². The number of rotatable bonds is 4. The second-order valence-electron chi connectivity index (χ2n) is 8.74. The number of anilines is 4. The van der Waals surface area contributed by atoms with Crippen molar-refractivity contribution < 1.29 is 4.74 Å². The van der Waals surface area contributed by atoms with E-state index in [2.05, 4.69) is 31.1 Å². The molecule has 7 heteroatoms. The lowest BCUT2D eigenvalue weighted by Gasteiger charge is -2.41. The monoisotopic (exact) mass is 400 g/mol. The number of hydrogen-bond acceptors (Lipinski definition) is 7. The number of hydrogen-bond donors (Lipinski definition) is 1. The highest BCUT2D eigenvalue weighted by atomic mass is 16.5. The minimum Gasteiger partial charge on any atom is -0.378 e. The van der Waals surface area contributed by atoms with Gasteiger partial charge >= 0.3 is 0 Å². The maximum atomic E-state index is 5.71. The number of morpholine rings is 1. The number of piperazine rings is 1. The lowest BCUT2D eigenvalue weighted by Crippen LogP contribution is -2.46. The zero-order chi connectivity index (χ0) is 19.5. The molecule has 1 N–H and O–H groups in total. The summed E-state index contributed by atoms with van der Waals surface area (Å²) < 4.78 is 5.71. The molecular weight excluding hydrogens is 364 g/mol. The summed E-state index contributed by atoms with van der Waals surface area (Å²) in [6.07, 6.45) is 8.74. The van der Waals surface area contributed by atoms with Crippen LogP contribution in [-0.2, 0) is 4.74 Å². The second-order valence-corrected chi connectivity index (χ2v) is 8.74. The SMILES string of the molecule is c1nc(N2CCNCC2)c(N2CCOCC2)c(N2CCCCC2)c1N1CCCC1. The Hall–Kier alpha value is -1.73. The first kappa shape index (κ1) is 19.2. The summed E-state index contributed by atoms with van der Waals surface area (Å²) in [5, 5.41) is 3.50. The van der Waals surface area contributed by atoms with Gasteiger partial charge in [-0.05, 0) is 32.1 Å². The van der Waals surface area contributed by atoms with E-state index in [0.717, 1.165) is 65.6 Å². The van der Waals surface area contributed by atoms with Crippen molar-refractivity contribution >= 4 is 22.9 Å². The molecule has 1 aromatic heterocycles. The van der Waals surface area contributed by atoms with Crippen LogP contribution in [0.3, 0.4) is 0 Å². The summed E-state index contributed by atoms with van der Waals surface area (Å²) in [5.41, 5.74) is 4.20. The Morgan fingerprint density at radius 1 is 0.655 bits per heavy atom. The Morgan fingerprint density at radius 2 is 1.28 bits per heavy atom. The van der Waals surface area contributed by atoms with E-state index in [9.17, 15) is 0 Å². The van der Waals surface area contributed by atoms with Crippen molar-refractivity contribution in [3.8, 4) is 0 Å². The van der Waals surface area contributed by atoms with Gasteiger partial charge in [-0.2, -0.15) is 0 Å². The van der Waals surface area contributed by atoms with Crippen LogP contribution in [0.4, 0.5) is 22.9 Å². The van der Waals surface area contributed by atoms with Gasteiger partial charge in [-0.25, -0.2) is 4.98 Å². The van der Waals surface area contributed by atoms with Crippen LogP contribution in [0.5, 0.6) is 0 Å². The zero-order valence-corrected chi connectivity index (χ0v) is 17.7. The molecule has 0 aromatic carbocycles. The van der Waals surface area contributed by atoms with Crippen LogP contribution in [0, 0.1) is 0 Å². The molecule has 0 aliphatic carbocycles. The molecule has 7 nitrogen and oxygen atoms in total. The normalized spacial score (nSPS) is 23.7. The molecule has 0 atom stereocenters. The van der Waals surface area contributed by atoms with E-state index < -0.39 is 0 Å². The van der Waals surface area contributed by atoms with E-state index in [1.807, 2.05) is 0 Å². The third-order valence-electron chi connectivity index (χ3n) is 6.85. The molecule has 0 saturated carbocycles. The van der Waals surface area contributed by atoms with Crippen molar-refractivity contribution in [1.29, 1.82) is 0 Å². The predicted molar refractivity (Wildman–Crippen MR) is 120 cm³/mol. The lowest BCUT2D eigenvalue weighted by atomic mass is 10.1. The highest BCUT2D eigenvalue weighted by Crippen LogP contribution is 2.46. The third kappa shape index (κ3) is 3.99. The van der Waals surface area contributed by atoms with Gasteiger partial charge in [0.15, 0.2) is 5.82 Å². The highest BCUT2D eigenvalue weighted by molar-refractivity contribution is 5.91. The Balaban J connectivity index is 1.62. The van der Waals surface area contributed by atoms with Crippen LogP contribution in [0.15, 0.2) is 6.20 Å². The number of nitrogens with zero attached hydrogens (tertiary/aromatic N) is 5. The van der Waals surface area contributed by atoms with Gasteiger partial charge in [-0.15, -0.1) is 0 Å². The van der Waals surface area contributed by atoms with Crippen molar-refractivity contribution in [2.75, 3.05) is 98.3 Å². The highest BCUT2D eigenvalue weighted by Gasteiger charge is 2.31. The molecule has 0 spiro atoms. The Labute approximate surface area is 175 Å². The molecule has 160 valence electrons. The number of pyridine rings is 1. The van der Waals surface area contributed by atoms with E-state index in [0.29, 0.717) is 0 Å². The minimum atomic E-state index is 0.814. The van der Waals surface area contributed by atoms with Crippen molar-refractivity contribution in [2.24, 2.45) is 0 Å². The topological polar surface area (TPSA) is 47.1 Å². The molecule has 0 amide bonds. The van der Waals surface area contributed by atoms with Crippen LogP contribution in [0.1, 0.15) is 32.1 Å². The molecule has 4 aliphatic heterocycles. The van der Waals surface area contributed by atoms with Gasteiger partial charge in [0.25, 0.3) is 0 Å². The summed E-state index contributed by atoms with van der Waals surface area (Å²) in [6.45, 7) is 12.4. The second kappa shape index (κ2) is 8.96. The minimum absolute atomic E-state index is 0.814. The Morgan fingerprint density at radius 3 is 2.00 bits per heavy atom. The molecular formula is C22H36N6O. The molecule has 4 aliphatic rings. The summed E-state index contributed by atoms with van der Waals surface area (Å²) in [4.78, 5) is 15.5. The number of nitrogens with one attached hydrogen (secondary N) is 1. The zero-order valence-electron chi connectivity index (χ0n) is 17.7. The smallest absolute Gasteiger partial charge is 0.154 e. The van der Waals surface area contributed by atoms with E-state index in [-0.39, 0.29) is 0 Å². The summed E-state index contributed by atoms with van der Waals surface area (Å²) in [6, 6.07) is 0. The van der Waals surface area contributed by atoms with Crippen molar-refractivity contribution in [2.45, 2.75) is 32.1 Å². The molecule has 0 bridgehead atoms. The van der Waals surface area contributed by atoms with Gasteiger partial charge in [-0.1, -0.05) is 0 Å². The van der Waals surface area contributed by atoms with Gasteiger partial charge in [-0.3, -0.25) is 0 Å². The molecule has 5 rings (SSSR count). The Bertz CT molecular complexity index is 674. The molecule has 0 radical (unpaired) electrons. The Kier molecular flexibility index (Phi) is 5.95. The first-order chi connectivity index (χ1) is 14.4. The number of ether oxygens (including phenoxy) is 1. The maximum Gasteiger partial charge on any atom is 0.154 e. The fourth-order valence-corrected chi connectivity index (χ4v) is 5.28. The van der Waals surface area contributed by atoms with Crippen molar-refractivity contribution in [3.63, 3.8) is 0 Å². The number of piperidine rings is 1. The van der Waals surface area contributed by atoms with Crippen LogP contribution >= 0.6 is 0 Å². The fraction of sp³-hybridized carbons (Fsp3) is 0.773. The molecule has 0 unspecified atom stereocenters. The van der Waals surface area contributed by atoms with Gasteiger partial charge in [0.2, 0.25) is 0 Å². The maximum absolute atomic E-state index is 5.71. The van der Waals surface area contributed by atoms with E-state index in [4.69, 9.17) is 9.72 Å². The molecule has 4 saturated heterocycles. The quantitative estimate of drug-likeness (QED) is 0.828. The standard InChI is InChI=1S/C22H36N6O/c1-2-10-26(11-3-1)20-19(25-8-4-5-9-25)18-24-22(28-12-6-23-7-13-28)21(20)27-14-16-29-17-15-27/h18,23H,1-17H2. The van der Waals surface area contributed by atoms with Gasteiger partial charge in [0.05, 0.1) is 30.8 Å². The predicted octanol–water partition coefficient (Wildman–Crippen LogP) is 1.92. The first-order valence-corrected chi connectivity index (χ1v) is 11.7. The summed E-state index contributed by atoms with van der Waals surface area (Å²) in [5.74, 6) is 1.19. The summed E-state index contributed by atoms with van der Waals surface area (Å²) >= 11 is 0. The van der Waals surface area contributed by atoms with Crippen LogP contribution in [-0.4, -0.2) is 83.6 Å². The van der Waals surface area contributed by atoms with E-state index >= 15 is 0 Å². The van der Waals surface area contributed by atoms with Crippen molar-refractivity contribution in [1.82, 2.24) is 10.3 Å². The van der Waals surface area contributed by atoms with Gasteiger partial charge in [0, 0.05) is 65.4 Å². The number of aromatic nitrogens is 1. The molecule has 4 fully saturated rings. The molecule has 1 aromatic rings. The average molecular weight is 401 g/mol. The van der Waals surface area contributed by atoms with Gasteiger partial charge in [0.1, 0.15) is 5.69 Å². The van der Waals surface area contributed by atoms with Crippen LogP contribution in [0.25, 0.3) is 0 Å². The summed E-state index contributed by atoms with van der Waals surface area (Å²) in [7, 11) is 0. The molecule has 29 heavy (non-hydrogen) atoms. The van der Waals surface area contributed by atoms with E-state index in [1.165, 1.54) is 68.1 Å². The molecule has 5 heterocycles.